The predicted molar refractivity (Wildman–Crippen MR) is 121 cm³/mol. The van der Waals surface area contributed by atoms with E-state index in [4.69, 9.17) is 0 Å². The van der Waals surface area contributed by atoms with E-state index in [1.807, 2.05) is 23.0 Å². The average Bonchev–Trinajstić information content (AvgIpc) is 3.48. The van der Waals surface area contributed by atoms with Gasteiger partial charge in [0.05, 0.1) is 23.4 Å². The van der Waals surface area contributed by atoms with Crippen molar-refractivity contribution in [2.75, 3.05) is 20.1 Å². The molecule has 0 aromatic carbocycles. The molecular formula is C23H32N6OS. The van der Waals surface area contributed by atoms with Crippen molar-refractivity contribution in [2.45, 2.75) is 63.5 Å². The van der Waals surface area contributed by atoms with Crippen LogP contribution >= 0.6 is 11.3 Å². The quantitative estimate of drug-likeness (QED) is 0.765. The lowest BCUT2D eigenvalue weighted by atomic mass is 9.71. The van der Waals surface area contributed by atoms with Crippen molar-refractivity contribution in [2.24, 2.45) is 11.8 Å². The molecule has 166 valence electrons. The third-order valence-electron chi connectivity index (χ3n) is 7.48. The minimum absolute atomic E-state index is 0.0776. The van der Waals surface area contributed by atoms with Gasteiger partial charge in [-0.2, -0.15) is 16.6 Å². The highest BCUT2D eigenvalue weighted by Crippen LogP contribution is 2.41. The van der Waals surface area contributed by atoms with Crippen molar-refractivity contribution in [3.05, 3.63) is 34.3 Å². The number of carbonyl (C=O) groups excluding carboxylic acids is 1. The number of nitrogens with zero attached hydrogens (tertiary/aromatic N) is 5. The Bertz CT molecular complexity index is 932. The highest BCUT2D eigenvalue weighted by molar-refractivity contribution is 7.08. The number of thiophene rings is 1. The molecule has 31 heavy (non-hydrogen) atoms. The number of likely N-dealkylation sites (tertiary alicyclic amines) is 1. The van der Waals surface area contributed by atoms with Gasteiger partial charge in [0, 0.05) is 18.5 Å². The molecule has 1 aliphatic carbocycles. The van der Waals surface area contributed by atoms with Crippen LogP contribution in [0.4, 0.5) is 0 Å². The van der Waals surface area contributed by atoms with E-state index in [0.29, 0.717) is 11.5 Å². The number of hydrogen-bond donors (Lipinski definition) is 1. The van der Waals surface area contributed by atoms with Crippen molar-refractivity contribution < 1.29 is 4.79 Å². The first kappa shape index (κ1) is 22.0. The first-order chi connectivity index (χ1) is 14.9. The van der Waals surface area contributed by atoms with Crippen LogP contribution in [0.25, 0.3) is 0 Å². The normalized spacial score (nSPS) is 26.0. The van der Waals surface area contributed by atoms with Gasteiger partial charge in [-0.15, -0.1) is 5.10 Å². The molecule has 1 atom stereocenters. The molecule has 2 aromatic rings. The maximum Gasteiger partial charge on any atom is 0.252 e. The molecule has 1 unspecified atom stereocenters. The average molecular weight is 441 g/mol. The number of hydrogen-bond acceptors (Lipinski definition) is 6. The molecule has 2 fully saturated rings. The van der Waals surface area contributed by atoms with Crippen LogP contribution in [-0.2, 0) is 11.1 Å². The van der Waals surface area contributed by atoms with Crippen LogP contribution in [-0.4, -0.2) is 45.9 Å². The molecule has 1 saturated carbocycles. The number of carbonyl (C=O) groups is 1. The van der Waals surface area contributed by atoms with Gasteiger partial charge in [0.1, 0.15) is 5.69 Å². The van der Waals surface area contributed by atoms with Crippen molar-refractivity contribution in [3.8, 4) is 6.07 Å². The van der Waals surface area contributed by atoms with Gasteiger partial charge in [-0.25, -0.2) is 4.68 Å². The molecule has 0 radical (unpaired) electrons. The number of piperidine rings is 1. The first-order valence-electron chi connectivity index (χ1n) is 11.2. The Kier molecular flexibility index (Phi) is 6.18. The van der Waals surface area contributed by atoms with E-state index < -0.39 is 11.1 Å². The standard InChI is InChI=1S/C23H32N6OS/c1-17-4-6-19(7-5-17)22(2,25-21(30)18-8-13-31-15-18)20-14-29(27-26-20)23(16-24)9-11-28(3)12-10-23/h8,13-15,17,19H,4-7,9-12H2,1-3H3,(H,25,30). The first-order valence-corrected chi connectivity index (χ1v) is 12.2. The summed E-state index contributed by atoms with van der Waals surface area (Å²) < 4.78 is 1.76. The molecule has 1 saturated heterocycles. The Hall–Kier alpha value is -2.24. The van der Waals surface area contributed by atoms with E-state index in [1.165, 1.54) is 11.3 Å². The second kappa shape index (κ2) is 8.71. The van der Waals surface area contributed by atoms with Gasteiger partial charge in [-0.1, -0.05) is 25.0 Å². The van der Waals surface area contributed by atoms with Gasteiger partial charge in [0.2, 0.25) is 0 Å². The molecule has 1 amide bonds. The second-order valence-corrected chi connectivity index (χ2v) is 10.4. The van der Waals surface area contributed by atoms with E-state index in [-0.39, 0.29) is 11.8 Å². The van der Waals surface area contributed by atoms with Crippen LogP contribution in [0, 0.1) is 23.2 Å². The molecule has 2 aliphatic rings. The Labute approximate surface area is 188 Å². The van der Waals surface area contributed by atoms with Crippen molar-refractivity contribution >= 4 is 17.2 Å². The molecule has 7 nitrogen and oxygen atoms in total. The third-order valence-corrected chi connectivity index (χ3v) is 8.16. The van der Waals surface area contributed by atoms with Gasteiger partial charge in [0.15, 0.2) is 5.54 Å². The van der Waals surface area contributed by atoms with Crippen molar-refractivity contribution in [1.29, 1.82) is 5.26 Å². The minimum Gasteiger partial charge on any atom is -0.341 e. The zero-order chi connectivity index (χ0) is 22.1. The van der Waals surface area contributed by atoms with E-state index in [0.717, 1.165) is 57.3 Å². The van der Waals surface area contributed by atoms with Crippen LogP contribution in [0.3, 0.4) is 0 Å². The van der Waals surface area contributed by atoms with E-state index >= 15 is 0 Å². The third kappa shape index (κ3) is 4.26. The molecular weight excluding hydrogens is 408 g/mol. The van der Waals surface area contributed by atoms with Crippen molar-refractivity contribution in [3.63, 3.8) is 0 Å². The maximum atomic E-state index is 13.0. The topological polar surface area (TPSA) is 86.8 Å². The van der Waals surface area contributed by atoms with Crippen LogP contribution in [0.15, 0.2) is 23.0 Å². The Morgan fingerprint density at radius 1 is 1.32 bits per heavy atom. The summed E-state index contributed by atoms with van der Waals surface area (Å²) in [4.78, 5) is 15.3. The second-order valence-electron chi connectivity index (χ2n) is 9.62. The lowest BCUT2D eigenvalue weighted by molar-refractivity contribution is 0.0813. The number of amides is 1. The minimum atomic E-state index is -0.670. The lowest BCUT2D eigenvalue weighted by Gasteiger charge is -2.40. The van der Waals surface area contributed by atoms with Crippen LogP contribution in [0.5, 0.6) is 0 Å². The van der Waals surface area contributed by atoms with Gasteiger partial charge in [0.25, 0.3) is 5.91 Å². The molecule has 0 spiro atoms. The summed E-state index contributed by atoms with van der Waals surface area (Å²) >= 11 is 1.52. The van der Waals surface area contributed by atoms with Gasteiger partial charge in [-0.05, 0) is 62.9 Å². The van der Waals surface area contributed by atoms with Crippen LogP contribution in [0.1, 0.15) is 68.4 Å². The fraction of sp³-hybridized carbons (Fsp3) is 0.652. The summed E-state index contributed by atoms with van der Waals surface area (Å²) in [6, 6.07) is 4.37. The molecule has 4 rings (SSSR count). The number of nitriles is 1. The molecule has 1 aliphatic heterocycles. The summed E-state index contributed by atoms with van der Waals surface area (Å²) in [5.74, 6) is 0.919. The fourth-order valence-corrected chi connectivity index (χ4v) is 5.64. The monoisotopic (exact) mass is 440 g/mol. The molecule has 2 aromatic heterocycles. The maximum absolute atomic E-state index is 13.0. The number of rotatable bonds is 5. The van der Waals surface area contributed by atoms with E-state index in [9.17, 15) is 10.1 Å². The van der Waals surface area contributed by atoms with Crippen LogP contribution in [0.2, 0.25) is 0 Å². The highest BCUT2D eigenvalue weighted by atomic mass is 32.1. The Balaban J connectivity index is 1.65. The molecule has 1 N–H and O–H groups in total. The Morgan fingerprint density at radius 2 is 2.03 bits per heavy atom. The van der Waals surface area contributed by atoms with Crippen LogP contribution < -0.4 is 5.32 Å². The zero-order valence-electron chi connectivity index (χ0n) is 18.7. The molecule has 8 heteroatoms. The summed E-state index contributed by atoms with van der Waals surface area (Å²) in [6.45, 7) is 6.09. The number of aromatic nitrogens is 3. The predicted octanol–water partition coefficient (Wildman–Crippen LogP) is 3.76. The lowest BCUT2D eigenvalue weighted by Crippen LogP contribution is -2.50. The smallest absolute Gasteiger partial charge is 0.252 e. The molecule has 3 heterocycles. The van der Waals surface area contributed by atoms with Gasteiger partial charge in [-0.3, -0.25) is 4.79 Å². The summed E-state index contributed by atoms with van der Waals surface area (Å²) in [7, 11) is 2.08. The SMILES string of the molecule is CC1CCC(C(C)(NC(=O)c2ccsc2)c2cn(C3(C#N)CCN(C)CC3)nn2)CC1. The summed E-state index contributed by atoms with van der Waals surface area (Å²) in [5.41, 5.74) is 0.136. The van der Waals surface area contributed by atoms with Crippen molar-refractivity contribution in [1.82, 2.24) is 25.2 Å². The van der Waals surface area contributed by atoms with E-state index in [2.05, 4.69) is 47.5 Å². The highest BCUT2D eigenvalue weighted by Gasteiger charge is 2.43. The Morgan fingerprint density at radius 3 is 2.65 bits per heavy atom. The van der Waals surface area contributed by atoms with Gasteiger partial charge >= 0.3 is 0 Å². The fourth-order valence-electron chi connectivity index (χ4n) is 5.01. The molecule has 0 bridgehead atoms. The largest absolute Gasteiger partial charge is 0.341 e. The zero-order valence-corrected chi connectivity index (χ0v) is 19.5. The summed E-state index contributed by atoms with van der Waals surface area (Å²) in [6.07, 6.45) is 7.75. The van der Waals surface area contributed by atoms with E-state index in [1.54, 1.807) is 4.68 Å². The number of nitrogens with one attached hydrogen (secondary N) is 1. The summed E-state index contributed by atoms with van der Waals surface area (Å²) in [5, 5.41) is 26.1. The van der Waals surface area contributed by atoms with Gasteiger partial charge < -0.3 is 10.2 Å².